The van der Waals surface area contributed by atoms with Gasteiger partial charge in [0.25, 0.3) is 5.91 Å². The maximum atomic E-state index is 13.0. The Kier molecular flexibility index (Phi) is 6.12. The molecule has 10 heteroatoms. The second kappa shape index (κ2) is 9.36. The lowest BCUT2D eigenvalue weighted by Gasteiger charge is -2.27. The van der Waals surface area contributed by atoms with Crippen molar-refractivity contribution in [2.45, 2.75) is 25.8 Å². The van der Waals surface area contributed by atoms with E-state index in [-0.39, 0.29) is 30.6 Å². The largest absolute Gasteiger partial charge is 0.396 e. The number of aromatic amines is 2. The van der Waals surface area contributed by atoms with Gasteiger partial charge in [-0.1, -0.05) is 23.7 Å². The molecule has 1 amide bonds. The summed E-state index contributed by atoms with van der Waals surface area (Å²) < 4.78 is 0. The normalized spacial score (nSPS) is 14.2. The molecule has 34 heavy (non-hydrogen) atoms. The number of aromatic nitrogens is 5. The van der Waals surface area contributed by atoms with E-state index in [0.29, 0.717) is 53.2 Å². The summed E-state index contributed by atoms with van der Waals surface area (Å²) in [5.74, 6) is -0.433. The van der Waals surface area contributed by atoms with Crippen molar-refractivity contribution in [3.63, 3.8) is 0 Å². The maximum absolute atomic E-state index is 13.0. The number of amides is 1. The fourth-order valence-corrected chi connectivity index (χ4v) is 4.52. The number of ketones is 1. The molecule has 1 unspecified atom stereocenters. The third-order valence-corrected chi connectivity index (χ3v) is 6.47. The number of benzene rings is 2. The Morgan fingerprint density at radius 1 is 1.09 bits per heavy atom. The number of H-pyrrole nitrogens is 2. The smallest absolute Gasteiger partial charge is 0.254 e. The number of fused-ring (bicyclic) bond motifs is 2. The molecule has 2 aromatic heterocycles. The molecule has 0 saturated heterocycles. The first kappa shape index (κ1) is 22.2. The van der Waals surface area contributed by atoms with Gasteiger partial charge in [-0.05, 0) is 54.7 Å². The van der Waals surface area contributed by atoms with Crippen molar-refractivity contribution in [2.24, 2.45) is 5.92 Å². The summed E-state index contributed by atoms with van der Waals surface area (Å²) in [4.78, 5) is 27.8. The molecule has 0 fully saturated rings. The summed E-state index contributed by atoms with van der Waals surface area (Å²) in [6.07, 6.45) is 1.30. The van der Waals surface area contributed by atoms with Gasteiger partial charge in [-0.3, -0.25) is 14.7 Å². The SMILES string of the molecule is O=C(CC(CO)Cc1ccc(Cl)cc1)c1n[nH]c2c1CCN(C(=O)c1ccc3n[nH]nc3c1)C2. The number of halogens is 1. The lowest BCUT2D eigenvalue weighted by Crippen LogP contribution is -2.36. The Labute approximate surface area is 200 Å². The Bertz CT molecular complexity index is 1350. The number of hydrogen-bond acceptors (Lipinski definition) is 6. The van der Waals surface area contributed by atoms with Crippen LogP contribution in [0.4, 0.5) is 0 Å². The van der Waals surface area contributed by atoms with Gasteiger partial charge in [0.15, 0.2) is 5.78 Å². The van der Waals surface area contributed by atoms with E-state index < -0.39 is 0 Å². The molecular weight excluding hydrogens is 456 g/mol. The second-order valence-corrected chi connectivity index (χ2v) is 8.98. The zero-order chi connectivity index (χ0) is 23.7. The van der Waals surface area contributed by atoms with Crippen LogP contribution in [0.5, 0.6) is 0 Å². The number of Topliss-reactive ketones (excluding diaryl/α,β-unsaturated/α-hetero) is 1. The fourth-order valence-electron chi connectivity index (χ4n) is 4.39. The van der Waals surface area contributed by atoms with Gasteiger partial charge in [0.2, 0.25) is 0 Å². The van der Waals surface area contributed by atoms with Crippen molar-refractivity contribution >= 4 is 34.3 Å². The maximum Gasteiger partial charge on any atom is 0.254 e. The molecule has 1 aliphatic heterocycles. The molecule has 5 rings (SSSR count). The van der Waals surface area contributed by atoms with E-state index in [1.165, 1.54) is 0 Å². The first-order valence-corrected chi connectivity index (χ1v) is 11.4. The van der Waals surface area contributed by atoms with Crippen LogP contribution in [0.3, 0.4) is 0 Å². The molecule has 0 bridgehead atoms. The number of nitrogens with one attached hydrogen (secondary N) is 2. The van der Waals surface area contributed by atoms with Gasteiger partial charge in [-0.15, -0.1) is 0 Å². The van der Waals surface area contributed by atoms with E-state index >= 15 is 0 Å². The molecule has 3 heterocycles. The highest BCUT2D eigenvalue weighted by molar-refractivity contribution is 6.30. The highest BCUT2D eigenvalue weighted by atomic mass is 35.5. The van der Waals surface area contributed by atoms with Crippen LogP contribution in [0, 0.1) is 5.92 Å². The van der Waals surface area contributed by atoms with Crippen molar-refractivity contribution in [3.05, 3.63) is 75.6 Å². The Morgan fingerprint density at radius 2 is 1.88 bits per heavy atom. The van der Waals surface area contributed by atoms with Crippen LogP contribution in [-0.2, 0) is 19.4 Å². The number of nitrogens with zero attached hydrogens (tertiary/aromatic N) is 4. The van der Waals surface area contributed by atoms with E-state index in [1.807, 2.05) is 12.1 Å². The van der Waals surface area contributed by atoms with Crippen LogP contribution >= 0.6 is 11.6 Å². The van der Waals surface area contributed by atoms with Gasteiger partial charge in [0.05, 0.1) is 12.2 Å². The summed E-state index contributed by atoms with van der Waals surface area (Å²) in [5, 5.41) is 28.3. The van der Waals surface area contributed by atoms with E-state index in [4.69, 9.17) is 11.6 Å². The molecule has 0 saturated carbocycles. The third-order valence-electron chi connectivity index (χ3n) is 6.22. The van der Waals surface area contributed by atoms with Crippen LogP contribution in [-0.4, -0.2) is 60.5 Å². The quantitative estimate of drug-likeness (QED) is 0.350. The molecule has 2 aromatic carbocycles. The van der Waals surface area contributed by atoms with E-state index in [2.05, 4.69) is 25.6 Å². The summed E-state index contributed by atoms with van der Waals surface area (Å²) in [7, 11) is 0. The Balaban J connectivity index is 1.26. The number of aliphatic hydroxyl groups excluding tert-OH is 1. The standard InChI is InChI=1S/C24H23ClN6O3/c25-17-4-1-14(2-5-17)9-15(13-32)10-22(33)23-18-7-8-31(12-21(18)26-29-23)24(34)16-3-6-19-20(11-16)28-30-27-19/h1-6,11,15,32H,7-10,12-13H2,(H,26,29)(H,27,28,30). The van der Waals surface area contributed by atoms with Crippen molar-refractivity contribution in [1.82, 2.24) is 30.5 Å². The van der Waals surface area contributed by atoms with Crippen LogP contribution in [0.25, 0.3) is 11.0 Å². The minimum atomic E-state index is -0.214. The monoisotopic (exact) mass is 478 g/mol. The molecule has 4 aromatic rings. The fraction of sp³-hybridized carbons (Fsp3) is 0.292. The van der Waals surface area contributed by atoms with Crippen LogP contribution < -0.4 is 0 Å². The second-order valence-electron chi connectivity index (χ2n) is 8.54. The lowest BCUT2D eigenvalue weighted by molar-refractivity contribution is 0.0732. The summed E-state index contributed by atoms with van der Waals surface area (Å²) in [6.45, 7) is 0.731. The minimum Gasteiger partial charge on any atom is -0.396 e. The number of carbonyl (C=O) groups excluding carboxylic acids is 2. The molecule has 0 spiro atoms. The third kappa shape index (κ3) is 4.44. The van der Waals surface area contributed by atoms with Gasteiger partial charge in [-0.2, -0.15) is 20.5 Å². The Hall–Kier alpha value is -3.56. The topological polar surface area (TPSA) is 128 Å². The average molecular weight is 479 g/mol. The van der Waals surface area contributed by atoms with Gasteiger partial charge >= 0.3 is 0 Å². The zero-order valence-electron chi connectivity index (χ0n) is 18.3. The van der Waals surface area contributed by atoms with Crippen molar-refractivity contribution in [2.75, 3.05) is 13.2 Å². The lowest BCUT2D eigenvalue weighted by atomic mass is 9.92. The van der Waals surface area contributed by atoms with Gasteiger partial charge in [0, 0.05) is 35.7 Å². The molecule has 9 nitrogen and oxygen atoms in total. The molecule has 3 N–H and O–H groups in total. The van der Waals surface area contributed by atoms with Crippen molar-refractivity contribution in [3.8, 4) is 0 Å². The molecule has 174 valence electrons. The van der Waals surface area contributed by atoms with E-state index in [0.717, 1.165) is 16.8 Å². The average Bonchev–Trinajstić information content (AvgIpc) is 3.50. The van der Waals surface area contributed by atoms with Crippen molar-refractivity contribution < 1.29 is 14.7 Å². The zero-order valence-corrected chi connectivity index (χ0v) is 19.0. The molecule has 1 atom stereocenters. The summed E-state index contributed by atoms with van der Waals surface area (Å²) in [5.41, 5.74) is 4.90. The molecule has 1 aliphatic rings. The van der Waals surface area contributed by atoms with E-state index in [1.54, 1.807) is 35.2 Å². The van der Waals surface area contributed by atoms with Crippen LogP contribution in [0.2, 0.25) is 5.02 Å². The molecule has 0 radical (unpaired) electrons. The van der Waals surface area contributed by atoms with Gasteiger partial charge in [-0.25, -0.2) is 0 Å². The predicted molar refractivity (Wildman–Crippen MR) is 126 cm³/mol. The highest BCUT2D eigenvalue weighted by Crippen LogP contribution is 2.25. The van der Waals surface area contributed by atoms with Crippen molar-refractivity contribution in [1.29, 1.82) is 0 Å². The number of hydrogen-bond donors (Lipinski definition) is 3. The number of rotatable bonds is 7. The van der Waals surface area contributed by atoms with Crippen LogP contribution in [0.1, 0.15) is 44.1 Å². The van der Waals surface area contributed by atoms with Gasteiger partial charge < -0.3 is 10.0 Å². The molecule has 0 aliphatic carbocycles. The molecular formula is C24H23ClN6O3. The number of aliphatic hydroxyl groups is 1. The van der Waals surface area contributed by atoms with Gasteiger partial charge in [0.1, 0.15) is 16.7 Å². The summed E-state index contributed by atoms with van der Waals surface area (Å²) >= 11 is 5.94. The highest BCUT2D eigenvalue weighted by Gasteiger charge is 2.29. The number of carbonyl (C=O) groups is 2. The minimum absolute atomic E-state index is 0.0981. The summed E-state index contributed by atoms with van der Waals surface area (Å²) in [6, 6.07) is 12.6. The van der Waals surface area contributed by atoms with Crippen LogP contribution in [0.15, 0.2) is 42.5 Å². The first-order valence-electron chi connectivity index (χ1n) is 11.1. The Morgan fingerprint density at radius 3 is 2.68 bits per heavy atom. The van der Waals surface area contributed by atoms with E-state index in [9.17, 15) is 14.7 Å². The predicted octanol–water partition coefficient (Wildman–Crippen LogP) is 2.96. The first-order chi connectivity index (χ1) is 16.5.